The van der Waals surface area contributed by atoms with Crippen molar-refractivity contribution >= 4 is 39.5 Å². The topological polar surface area (TPSA) is 237 Å². The molecule has 95 heavy (non-hydrogen) atoms. The van der Waals surface area contributed by atoms with Crippen LogP contribution in [0.25, 0.3) is 0 Å². The second kappa shape index (κ2) is 69.2. The third-order valence-corrected chi connectivity index (χ3v) is 19.7. The summed E-state index contributed by atoms with van der Waals surface area (Å²) in [4.78, 5) is 72.7. The maximum atomic E-state index is 13.1. The predicted octanol–water partition coefficient (Wildman–Crippen LogP) is 22.5. The number of aliphatic hydroxyl groups excluding tert-OH is 1. The maximum Gasteiger partial charge on any atom is 0.472 e. The van der Waals surface area contributed by atoms with E-state index in [1.165, 1.54) is 225 Å². The highest BCUT2D eigenvalue weighted by Gasteiger charge is 2.30. The lowest BCUT2D eigenvalue weighted by Crippen LogP contribution is -2.30. The first kappa shape index (κ1) is 93.1. The van der Waals surface area contributed by atoms with Crippen LogP contribution in [0.1, 0.15) is 401 Å². The molecule has 0 aliphatic heterocycles. The van der Waals surface area contributed by atoms with E-state index in [1.807, 2.05) is 0 Å². The molecule has 17 nitrogen and oxygen atoms in total. The number of phosphoric ester groups is 2. The number of hydrogen-bond acceptors (Lipinski definition) is 15. The molecule has 3 N–H and O–H groups in total. The maximum absolute atomic E-state index is 13.1. The van der Waals surface area contributed by atoms with Crippen LogP contribution < -0.4 is 0 Å². The molecule has 0 aromatic carbocycles. The first-order valence-electron chi connectivity index (χ1n) is 39.6. The Morgan fingerprint density at radius 2 is 0.484 bits per heavy atom. The van der Waals surface area contributed by atoms with Crippen LogP contribution in [0.2, 0.25) is 0 Å². The molecule has 564 valence electrons. The first-order chi connectivity index (χ1) is 46.0. The van der Waals surface area contributed by atoms with Crippen LogP contribution in [0, 0.1) is 5.92 Å². The van der Waals surface area contributed by atoms with Crippen molar-refractivity contribution in [3.8, 4) is 0 Å². The van der Waals surface area contributed by atoms with E-state index in [0.717, 1.165) is 95.8 Å². The molecule has 5 atom stereocenters. The standard InChI is InChI=1S/C76H148O17P2/c1-6-9-12-15-18-21-24-26-27-28-29-30-31-32-33-34-37-40-46-51-56-61-75(80)92-71(65-87-74(79)60-55-50-45-39-36-25-22-19-16-13-10-7-2)67-90-94(82,83)88-63-70(77)64-89-95(84,85)91-68-72(93-76(81)62-57-52-47-42-41-43-48-53-58-69(4)5)66-86-73(78)59-54-49-44-38-35-23-20-17-14-11-8-3/h69-72,77H,6-68H2,1-5H3,(H,82,83)(H,84,85)/t70-,71-,72-/m1/s1. The van der Waals surface area contributed by atoms with Gasteiger partial charge in [0.1, 0.15) is 19.3 Å². The Labute approximate surface area is 581 Å². The number of phosphoric acid groups is 2. The van der Waals surface area contributed by atoms with Crippen molar-refractivity contribution in [2.24, 2.45) is 5.92 Å². The minimum Gasteiger partial charge on any atom is -0.462 e. The van der Waals surface area contributed by atoms with Gasteiger partial charge in [-0.05, 0) is 31.6 Å². The highest BCUT2D eigenvalue weighted by Crippen LogP contribution is 2.45. The molecule has 0 radical (unpaired) electrons. The van der Waals surface area contributed by atoms with Crippen molar-refractivity contribution in [3.05, 3.63) is 0 Å². The molecule has 0 aliphatic carbocycles. The van der Waals surface area contributed by atoms with E-state index in [-0.39, 0.29) is 25.7 Å². The summed E-state index contributed by atoms with van der Waals surface area (Å²) >= 11 is 0. The predicted molar refractivity (Wildman–Crippen MR) is 386 cm³/mol. The Kier molecular flexibility index (Phi) is 67.7. The molecule has 0 amide bonds. The summed E-state index contributed by atoms with van der Waals surface area (Å²) < 4.78 is 68.5. The van der Waals surface area contributed by atoms with Gasteiger partial charge in [0.05, 0.1) is 26.4 Å². The number of aliphatic hydroxyl groups is 1. The van der Waals surface area contributed by atoms with Crippen molar-refractivity contribution in [1.29, 1.82) is 0 Å². The van der Waals surface area contributed by atoms with Crippen LogP contribution in [-0.2, 0) is 65.4 Å². The van der Waals surface area contributed by atoms with Crippen LogP contribution in [0.4, 0.5) is 0 Å². The van der Waals surface area contributed by atoms with Crippen molar-refractivity contribution in [1.82, 2.24) is 0 Å². The fourth-order valence-corrected chi connectivity index (χ4v) is 13.3. The molecule has 0 bridgehead atoms. The Hall–Kier alpha value is -1.94. The van der Waals surface area contributed by atoms with Gasteiger partial charge >= 0.3 is 39.5 Å². The van der Waals surface area contributed by atoms with E-state index < -0.39 is 97.5 Å². The zero-order chi connectivity index (χ0) is 69.8. The molecule has 0 heterocycles. The van der Waals surface area contributed by atoms with Gasteiger partial charge in [-0.25, -0.2) is 9.13 Å². The van der Waals surface area contributed by atoms with E-state index >= 15 is 0 Å². The van der Waals surface area contributed by atoms with Gasteiger partial charge in [-0.15, -0.1) is 0 Å². The van der Waals surface area contributed by atoms with Crippen LogP contribution >= 0.6 is 15.6 Å². The number of carbonyl (C=O) groups excluding carboxylic acids is 4. The fraction of sp³-hybridized carbons (Fsp3) is 0.947. The average molecular weight is 1400 g/mol. The van der Waals surface area contributed by atoms with Gasteiger partial charge in [-0.2, -0.15) is 0 Å². The summed E-state index contributed by atoms with van der Waals surface area (Å²) in [5.74, 6) is -1.40. The van der Waals surface area contributed by atoms with Gasteiger partial charge in [-0.1, -0.05) is 349 Å². The summed E-state index contributed by atoms with van der Waals surface area (Å²) in [5, 5.41) is 10.6. The van der Waals surface area contributed by atoms with E-state index in [0.29, 0.717) is 25.7 Å². The number of rotatable bonds is 76. The van der Waals surface area contributed by atoms with Crippen LogP contribution in [0.3, 0.4) is 0 Å². The second-order valence-electron chi connectivity index (χ2n) is 27.9. The quantitative estimate of drug-likeness (QED) is 0.0222. The second-order valence-corrected chi connectivity index (χ2v) is 30.8. The highest BCUT2D eigenvalue weighted by molar-refractivity contribution is 7.47. The molecule has 0 aromatic rings. The molecular weight excluding hydrogens is 1250 g/mol. The molecule has 0 fully saturated rings. The van der Waals surface area contributed by atoms with Crippen molar-refractivity contribution < 1.29 is 80.2 Å². The molecule has 0 saturated carbocycles. The van der Waals surface area contributed by atoms with E-state index in [9.17, 15) is 43.2 Å². The number of hydrogen-bond donors (Lipinski definition) is 3. The van der Waals surface area contributed by atoms with Gasteiger partial charge in [0.25, 0.3) is 0 Å². The van der Waals surface area contributed by atoms with E-state index in [4.69, 9.17) is 37.0 Å². The van der Waals surface area contributed by atoms with E-state index in [2.05, 4.69) is 34.6 Å². The number of esters is 4. The minimum atomic E-state index is -4.96. The molecule has 19 heteroatoms. The Morgan fingerprint density at radius 3 is 0.716 bits per heavy atom. The van der Waals surface area contributed by atoms with Crippen LogP contribution in [0.15, 0.2) is 0 Å². The summed E-state index contributed by atoms with van der Waals surface area (Å²) in [6.07, 6.45) is 58.3. The van der Waals surface area contributed by atoms with Gasteiger partial charge in [-0.3, -0.25) is 37.3 Å². The molecule has 0 spiro atoms. The summed E-state index contributed by atoms with van der Waals surface area (Å²) in [6, 6.07) is 0. The molecule has 0 saturated heterocycles. The fourth-order valence-electron chi connectivity index (χ4n) is 11.7. The Balaban J connectivity index is 5.18. The number of carbonyl (C=O) groups is 4. The third kappa shape index (κ3) is 70.3. The summed E-state index contributed by atoms with van der Waals surface area (Å²) in [6.45, 7) is 7.24. The lowest BCUT2D eigenvalue weighted by Gasteiger charge is -2.21. The summed E-state index contributed by atoms with van der Waals surface area (Å²) in [5.41, 5.74) is 0. The monoisotopic (exact) mass is 1400 g/mol. The van der Waals surface area contributed by atoms with Gasteiger partial charge in [0.15, 0.2) is 12.2 Å². The van der Waals surface area contributed by atoms with Crippen LogP contribution in [-0.4, -0.2) is 96.7 Å². The Bertz CT molecular complexity index is 1820. The molecule has 0 aliphatic rings. The Morgan fingerprint density at radius 1 is 0.284 bits per heavy atom. The lowest BCUT2D eigenvalue weighted by molar-refractivity contribution is -0.161. The van der Waals surface area contributed by atoms with Crippen molar-refractivity contribution in [2.75, 3.05) is 39.6 Å². The third-order valence-electron chi connectivity index (χ3n) is 17.8. The zero-order valence-electron chi connectivity index (χ0n) is 61.8. The normalized spacial score (nSPS) is 13.9. The van der Waals surface area contributed by atoms with Gasteiger partial charge < -0.3 is 33.8 Å². The smallest absolute Gasteiger partial charge is 0.462 e. The molecular formula is C76H148O17P2. The van der Waals surface area contributed by atoms with Gasteiger partial charge in [0.2, 0.25) is 0 Å². The molecule has 0 rings (SSSR count). The van der Waals surface area contributed by atoms with Crippen molar-refractivity contribution in [3.63, 3.8) is 0 Å². The minimum absolute atomic E-state index is 0.105. The zero-order valence-corrected chi connectivity index (χ0v) is 63.6. The highest BCUT2D eigenvalue weighted by atomic mass is 31.2. The van der Waals surface area contributed by atoms with Gasteiger partial charge in [0, 0.05) is 25.7 Å². The largest absolute Gasteiger partial charge is 0.472 e. The average Bonchev–Trinajstić information content (AvgIpc) is 2.74. The van der Waals surface area contributed by atoms with E-state index in [1.54, 1.807) is 0 Å². The number of ether oxygens (including phenoxy) is 4. The summed E-state index contributed by atoms with van der Waals surface area (Å²) in [7, 11) is -9.91. The SMILES string of the molecule is CCCCCCCCCCCCCCCCCCCCCCCC(=O)O[C@H](COC(=O)CCCCCCCCCCCCCC)COP(=O)(O)OC[C@@H](O)COP(=O)(O)OC[C@@H](COC(=O)CCCCCCCCCCCCC)OC(=O)CCCCCCCCCCC(C)C. The molecule has 2 unspecified atom stereocenters. The number of unbranched alkanes of at least 4 members (excludes halogenated alkanes) is 48. The molecule has 0 aromatic heterocycles. The van der Waals surface area contributed by atoms with Crippen molar-refractivity contribution in [2.45, 2.75) is 419 Å². The first-order valence-corrected chi connectivity index (χ1v) is 42.6. The lowest BCUT2D eigenvalue weighted by atomic mass is 10.0. The van der Waals surface area contributed by atoms with Crippen LogP contribution in [0.5, 0.6) is 0 Å².